The highest BCUT2D eigenvalue weighted by Crippen LogP contribution is 2.23. The van der Waals surface area contributed by atoms with E-state index in [4.69, 9.17) is 9.26 Å². The number of hydrogen-bond donors (Lipinski definition) is 1. The van der Waals surface area contributed by atoms with Crippen LogP contribution in [-0.2, 0) is 9.53 Å². The van der Waals surface area contributed by atoms with Gasteiger partial charge in [-0.1, -0.05) is 5.16 Å². The smallest absolute Gasteiger partial charge is 0.409 e. The minimum absolute atomic E-state index is 0.0464. The van der Waals surface area contributed by atoms with Gasteiger partial charge in [-0.3, -0.25) is 14.3 Å². The fourth-order valence-corrected chi connectivity index (χ4v) is 3.82. The van der Waals surface area contributed by atoms with E-state index in [0.29, 0.717) is 55.5 Å². The Morgan fingerprint density at radius 1 is 1.14 bits per heavy atom. The van der Waals surface area contributed by atoms with E-state index in [0.717, 1.165) is 0 Å². The van der Waals surface area contributed by atoms with Crippen LogP contribution in [-0.4, -0.2) is 75.4 Å². The SMILES string of the molecule is CCOC(=O)N1CCN(C(=O)C(C)n2cc(NC(=O)c3cc(-c4ccc(F)cc4)on3)c(C)n2)CC1. The van der Waals surface area contributed by atoms with Crippen molar-refractivity contribution in [1.29, 1.82) is 0 Å². The number of nitrogens with zero attached hydrogens (tertiary/aromatic N) is 5. The summed E-state index contributed by atoms with van der Waals surface area (Å²) in [5, 5.41) is 10.9. The summed E-state index contributed by atoms with van der Waals surface area (Å²) in [4.78, 5) is 40.9. The largest absolute Gasteiger partial charge is 0.450 e. The van der Waals surface area contributed by atoms with Gasteiger partial charge in [0.1, 0.15) is 11.9 Å². The van der Waals surface area contributed by atoms with Crippen LogP contribution >= 0.6 is 0 Å². The number of rotatable bonds is 6. The molecule has 3 aromatic rings. The number of nitrogens with one attached hydrogen (secondary N) is 1. The van der Waals surface area contributed by atoms with E-state index < -0.39 is 11.9 Å². The minimum Gasteiger partial charge on any atom is -0.450 e. The van der Waals surface area contributed by atoms with Gasteiger partial charge in [-0.2, -0.15) is 5.10 Å². The maximum atomic E-state index is 13.1. The molecule has 0 bridgehead atoms. The molecule has 1 aromatic carbocycles. The lowest BCUT2D eigenvalue weighted by molar-refractivity contribution is -0.136. The average molecular weight is 499 g/mol. The molecule has 1 atom stereocenters. The van der Waals surface area contributed by atoms with Gasteiger partial charge < -0.3 is 24.4 Å². The number of aromatic nitrogens is 3. The van der Waals surface area contributed by atoms with Crippen LogP contribution in [0.5, 0.6) is 0 Å². The maximum absolute atomic E-state index is 13.1. The van der Waals surface area contributed by atoms with E-state index in [2.05, 4.69) is 15.6 Å². The van der Waals surface area contributed by atoms with Gasteiger partial charge in [0, 0.05) is 44.0 Å². The van der Waals surface area contributed by atoms with Crippen LogP contribution in [0.3, 0.4) is 0 Å². The molecule has 12 heteroatoms. The third-order valence-corrected chi connectivity index (χ3v) is 5.91. The molecule has 3 heterocycles. The lowest BCUT2D eigenvalue weighted by Crippen LogP contribution is -2.52. The third-order valence-electron chi connectivity index (χ3n) is 5.91. The molecule has 36 heavy (non-hydrogen) atoms. The Hall–Kier alpha value is -4.22. The lowest BCUT2D eigenvalue weighted by Gasteiger charge is -2.35. The molecule has 2 aromatic heterocycles. The predicted octanol–water partition coefficient (Wildman–Crippen LogP) is 3.10. The van der Waals surface area contributed by atoms with E-state index >= 15 is 0 Å². The molecule has 0 saturated carbocycles. The van der Waals surface area contributed by atoms with Gasteiger partial charge >= 0.3 is 6.09 Å². The second-order valence-electron chi connectivity index (χ2n) is 8.33. The Morgan fingerprint density at radius 2 is 1.81 bits per heavy atom. The van der Waals surface area contributed by atoms with Gasteiger partial charge in [0.2, 0.25) is 5.91 Å². The summed E-state index contributed by atoms with van der Waals surface area (Å²) >= 11 is 0. The molecule has 0 spiro atoms. The molecule has 1 fully saturated rings. The number of carbonyl (C=O) groups is 3. The summed E-state index contributed by atoms with van der Waals surface area (Å²) in [5.74, 6) is -0.701. The molecule has 190 valence electrons. The second-order valence-corrected chi connectivity index (χ2v) is 8.33. The van der Waals surface area contributed by atoms with Crippen molar-refractivity contribution >= 4 is 23.6 Å². The number of anilines is 1. The van der Waals surface area contributed by atoms with Crippen LogP contribution in [0.2, 0.25) is 0 Å². The number of carbonyl (C=O) groups excluding carboxylic acids is 3. The monoisotopic (exact) mass is 498 g/mol. The number of hydrogen-bond acceptors (Lipinski definition) is 7. The molecular formula is C24H27FN6O5. The normalized spacial score (nSPS) is 14.4. The molecule has 0 aliphatic carbocycles. The van der Waals surface area contributed by atoms with Gasteiger partial charge in [0.05, 0.1) is 18.0 Å². The van der Waals surface area contributed by atoms with Gasteiger partial charge in [-0.15, -0.1) is 0 Å². The first-order valence-electron chi connectivity index (χ1n) is 11.6. The topological polar surface area (TPSA) is 123 Å². The molecule has 1 unspecified atom stereocenters. The van der Waals surface area contributed by atoms with Gasteiger partial charge in [0.15, 0.2) is 11.5 Å². The fraction of sp³-hybridized carbons (Fsp3) is 0.375. The van der Waals surface area contributed by atoms with Crippen LogP contribution < -0.4 is 5.32 Å². The maximum Gasteiger partial charge on any atom is 0.409 e. The number of aryl methyl sites for hydroxylation is 1. The number of ether oxygens (including phenoxy) is 1. The second kappa shape index (κ2) is 10.6. The van der Waals surface area contributed by atoms with Crippen molar-refractivity contribution in [3.8, 4) is 11.3 Å². The number of amides is 3. The summed E-state index contributed by atoms with van der Waals surface area (Å²) in [6, 6.07) is 6.49. The Labute approximate surface area is 206 Å². The number of benzene rings is 1. The van der Waals surface area contributed by atoms with Crippen molar-refractivity contribution in [2.45, 2.75) is 26.8 Å². The zero-order valence-electron chi connectivity index (χ0n) is 20.2. The van der Waals surface area contributed by atoms with E-state index in [1.807, 2.05) is 0 Å². The zero-order valence-corrected chi connectivity index (χ0v) is 20.2. The van der Waals surface area contributed by atoms with Crippen LogP contribution in [0.4, 0.5) is 14.9 Å². The first-order chi connectivity index (χ1) is 17.3. The minimum atomic E-state index is -0.611. The lowest BCUT2D eigenvalue weighted by atomic mass is 10.1. The quantitative estimate of drug-likeness (QED) is 0.554. The number of piperazine rings is 1. The van der Waals surface area contributed by atoms with Crippen LogP contribution in [0.25, 0.3) is 11.3 Å². The van der Waals surface area contributed by atoms with Crippen molar-refractivity contribution in [3.63, 3.8) is 0 Å². The van der Waals surface area contributed by atoms with Gasteiger partial charge in [-0.25, -0.2) is 9.18 Å². The number of halogens is 1. The summed E-state index contributed by atoms with van der Waals surface area (Å²) in [7, 11) is 0. The molecule has 3 amide bonds. The molecule has 11 nitrogen and oxygen atoms in total. The molecule has 1 N–H and O–H groups in total. The van der Waals surface area contributed by atoms with Gasteiger partial charge in [-0.05, 0) is 45.0 Å². The summed E-state index contributed by atoms with van der Waals surface area (Å²) in [5.41, 5.74) is 1.59. The van der Waals surface area contributed by atoms with E-state index in [1.54, 1.807) is 36.8 Å². The molecule has 0 radical (unpaired) electrons. The molecule has 1 saturated heterocycles. The van der Waals surface area contributed by atoms with Crippen LogP contribution in [0.15, 0.2) is 41.1 Å². The fourth-order valence-electron chi connectivity index (χ4n) is 3.82. The zero-order chi connectivity index (χ0) is 25.8. The van der Waals surface area contributed by atoms with Crippen LogP contribution in [0.1, 0.15) is 36.1 Å². The summed E-state index contributed by atoms with van der Waals surface area (Å²) in [6.07, 6.45) is 1.21. The molecule has 4 rings (SSSR count). The first-order valence-corrected chi connectivity index (χ1v) is 11.6. The van der Waals surface area contributed by atoms with E-state index in [9.17, 15) is 18.8 Å². The highest BCUT2D eigenvalue weighted by Gasteiger charge is 2.29. The van der Waals surface area contributed by atoms with Crippen molar-refractivity contribution in [2.24, 2.45) is 0 Å². The predicted molar refractivity (Wildman–Crippen MR) is 127 cm³/mol. The standard InChI is InChI=1S/C24H27FN6O5/c1-4-35-24(34)30-11-9-29(10-12-30)23(33)16(3)31-14-20(15(2)27-31)26-22(32)19-13-21(36-28-19)17-5-7-18(25)8-6-17/h5-8,13-14,16H,4,9-12H2,1-3H3,(H,26,32). The van der Waals surface area contributed by atoms with Crippen molar-refractivity contribution < 1.29 is 28.0 Å². The van der Waals surface area contributed by atoms with E-state index in [1.165, 1.54) is 35.0 Å². The first kappa shape index (κ1) is 24.9. The van der Waals surface area contributed by atoms with Crippen molar-refractivity contribution in [3.05, 3.63) is 53.7 Å². The van der Waals surface area contributed by atoms with Crippen molar-refractivity contribution in [2.75, 3.05) is 38.1 Å². The third kappa shape index (κ3) is 5.37. The summed E-state index contributed by atoms with van der Waals surface area (Å²) < 4.78 is 24.9. The summed E-state index contributed by atoms with van der Waals surface area (Å²) in [6.45, 7) is 7.09. The van der Waals surface area contributed by atoms with Crippen LogP contribution in [0, 0.1) is 12.7 Å². The Kier molecular flexibility index (Phi) is 7.32. The van der Waals surface area contributed by atoms with Gasteiger partial charge in [0.25, 0.3) is 5.91 Å². The highest BCUT2D eigenvalue weighted by molar-refractivity contribution is 6.03. The highest BCUT2D eigenvalue weighted by atomic mass is 19.1. The Morgan fingerprint density at radius 3 is 2.47 bits per heavy atom. The van der Waals surface area contributed by atoms with Crippen molar-refractivity contribution in [1.82, 2.24) is 24.7 Å². The Bertz CT molecular complexity index is 1250. The average Bonchev–Trinajstić information content (AvgIpc) is 3.51. The molecule has 1 aliphatic heterocycles. The molecule has 1 aliphatic rings. The Balaban J connectivity index is 1.37. The molecular weight excluding hydrogens is 471 g/mol. The van der Waals surface area contributed by atoms with E-state index in [-0.39, 0.29) is 23.5 Å².